The number of hydrogen-bond acceptors (Lipinski definition) is 3. The Balaban J connectivity index is 1.42. The molecule has 1 heterocycles. The van der Waals surface area contributed by atoms with E-state index < -0.39 is 0 Å². The van der Waals surface area contributed by atoms with Crippen molar-refractivity contribution in [2.45, 2.75) is 44.4 Å². The fourth-order valence-corrected chi connectivity index (χ4v) is 4.69. The summed E-state index contributed by atoms with van der Waals surface area (Å²) in [6, 6.07) is 14.7. The third-order valence-electron chi connectivity index (χ3n) is 5.27. The quantitative estimate of drug-likeness (QED) is 0.671. The summed E-state index contributed by atoms with van der Waals surface area (Å²) < 4.78 is 3.43. The lowest BCUT2D eigenvalue weighted by Gasteiger charge is -2.44. The Morgan fingerprint density at radius 2 is 1.92 bits per heavy atom. The molecule has 0 atom stereocenters. The van der Waals surface area contributed by atoms with Crippen LogP contribution in [-0.4, -0.2) is 11.9 Å². The normalized spacial score (nSPS) is 21.9. The van der Waals surface area contributed by atoms with Crippen LogP contribution in [0.1, 0.15) is 37.3 Å². The fourth-order valence-electron chi connectivity index (χ4n) is 3.84. The predicted molar refractivity (Wildman–Crippen MR) is 111 cm³/mol. The molecule has 1 N–H and O–H groups in total. The van der Waals surface area contributed by atoms with Crippen molar-refractivity contribution in [3.05, 3.63) is 58.6 Å². The minimum Gasteiger partial charge on any atom is -0.329 e. The first-order valence-corrected chi connectivity index (χ1v) is 10.5. The molecular formula is C21H23ClN2OS. The molecule has 0 bridgehead atoms. The molecule has 2 aromatic carbocycles. The average Bonchev–Trinajstić information content (AvgIpc) is 2.61. The van der Waals surface area contributed by atoms with Crippen LogP contribution in [0.5, 0.6) is 0 Å². The van der Waals surface area contributed by atoms with Gasteiger partial charge in [-0.3, -0.25) is 4.79 Å². The fraction of sp³-hybridized carbons (Fsp3) is 0.381. The highest BCUT2D eigenvalue weighted by molar-refractivity contribution is 7.99. The first-order valence-electron chi connectivity index (χ1n) is 9.17. The van der Waals surface area contributed by atoms with E-state index in [1.807, 2.05) is 24.3 Å². The molecule has 0 unspecified atom stereocenters. The van der Waals surface area contributed by atoms with Crippen LogP contribution in [0.15, 0.2) is 42.5 Å². The third kappa shape index (κ3) is 3.72. The van der Waals surface area contributed by atoms with Crippen LogP contribution in [0, 0.1) is 5.92 Å². The zero-order valence-electron chi connectivity index (χ0n) is 14.9. The molecule has 0 saturated heterocycles. The van der Waals surface area contributed by atoms with Crippen molar-refractivity contribution in [2.24, 2.45) is 5.92 Å². The van der Waals surface area contributed by atoms with E-state index in [1.54, 1.807) is 11.9 Å². The van der Waals surface area contributed by atoms with E-state index in [-0.39, 0.29) is 5.91 Å². The minimum absolute atomic E-state index is 0.284. The van der Waals surface area contributed by atoms with Crippen LogP contribution in [-0.2, 0) is 17.0 Å². The summed E-state index contributed by atoms with van der Waals surface area (Å²) in [5.74, 6) is 1.90. The van der Waals surface area contributed by atoms with Crippen molar-refractivity contribution in [3.63, 3.8) is 0 Å². The molecule has 1 saturated carbocycles. The molecular weight excluding hydrogens is 364 g/mol. The largest absolute Gasteiger partial charge is 0.329 e. The molecule has 0 aromatic heterocycles. The van der Waals surface area contributed by atoms with Gasteiger partial charge in [0.25, 0.3) is 0 Å². The highest BCUT2D eigenvalue weighted by atomic mass is 35.5. The molecule has 0 radical (unpaired) electrons. The van der Waals surface area contributed by atoms with Crippen molar-refractivity contribution < 1.29 is 4.79 Å². The lowest BCUT2D eigenvalue weighted by Crippen LogP contribution is -2.49. The number of aryl methyl sites for hydroxylation is 1. The van der Waals surface area contributed by atoms with E-state index in [1.165, 1.54) is 11.1 Å². The number of anilines is 2. The van der Waals surface area contributed by atoms with Gasteiger partial charge in [-0.1, -0.05) is 30.7 Å². The molecule has 26 heavy (non-hydrogen) atoms. The first kappa shape index (κ1) is 17.7. The van der Waals surface area contributed by atoms with Crippen LogP contribution in [0.3, 0.4) is 0 Å². The second-order valence-electron chi connectivity index (χ2n) is 7.35. The van der Waals surface area contributed by atoms with Crippen molar-refractivity contribution in [1.29, 1.82) is 0 Å². The van der Waals surface area contributed by atoms with Crippen LogP contribution >= 0.6 is 23.5 Å². The van der Waals surface area contributed by atoms with Crippen LogP contribution < -0.4 is 9.62 Å². The van der Waals surface area contributed by atoms with Gasteiger partial charge >= 0.3 is 0 Å². The van der Waals surface area contributed by atoms with E-state index >= 15 is 0 Å². The summed E-state index contributed by atoms with van der Waals surface area (Å²) in [7, 11) is 0. The lowest BCUT2D eigenvalue weighted by atomic mass is 9.79. The molecule has 4 rings (SSSR count). The second-order valence-corrected chi connectivity index (χ2v) is 8.57. The van der Waals surface area contributed by atoms with Gasteiger partial charge < -0.3 is 9.62 Å². The van der Waals surface area contributed by atoms with Crippen LogP contribution in [0.2, 0.25) is 5.02 Å². The van der Waals surface area contributed by atoms with E-state index in [0.717, 1.165) is 47.3 Å². The van der Waals surface area contributed by atoms with Crippen molar-refractivity contribution in [1.82, 2.24) is 0 Å². The smallest absolute Gasteiger partial charge is 0.227 e. The van der Waals surface area contributed by atoms with Gasteiger partial charge in [-0.05, 0) is 78.6 Å². The Bertz CT molecular complexity index is 802. The number of rotatable bonds is 5. The van der Waals surface area contributed by atoms with Crippen LogP contribution in [0.25, 0.3) is 0 Å². The number of hydrogen-bond donors (Lipinski definition) is 1. The zero-order valence-corrected chi connectivity index (χ0v) is 16.4. The summed E-state index contributed by atoms with van der Waals surface area (Å²) in [6.07, 6.45) is 3.72. The topological polar surface area (TPSA) is 32.3 Å². The summed E-state index contributed by atoms with van der Waals surface area (Å²) in [5, 5.41) is 0.765. The molecule has 136 valence electrons. The Labute approximate surface area is 164 Å². The van der Waals surface area contributed by atoms with Gasteiger partial charge in [0.15, 0.2) is 0 Å². The maximum Gasteiger partial charge on any atom is 0.227 e. The lowest BCUT2D eigenvalue weighted by molar-refractivity contribution is -0.119. The molecule has 0 spiro atoms. The average molecular weight is 387 g/mol. The van der Waals surface area contributed by atoms with E-state index in [0.29, 0.717) is 12.5 Å². The maximum absolute atomic E-state index is 12.4. The molecule has 2 aliphatic rings. The predicted octanol–water partition coefficient (Wildman–Crippen LogP) is 5.68. The zero-order chi connectivity index (χ0) is 18.1. The molecule has 3 nitrogen and oxygen atoms in total. The summed E-state index contributed by atoms with van der Waals surface area (Å²) in [5.41, 5.74) is 4.73. The number of fused-ring (bicyclic) bond motifs is 1. The van der Waals surface area contributed by atoms with Crippen molar-refractivity contribution in [2.75, 3.05) is 9.62 Å². The molecule has 1 aliphatic carbocycles. The van der Waals surface area contributed by atoms with E-state index in [4.69, 9.17) is 11.6 Å². The highest BCUT2D eigenvalue weighted by Crippen LogP contribution is 2.39. The van der Waals surface area contributed by atoms with Crippen molar-refractivity contribution >= 4 is 40.8 Å². The van der Waals surface area contributed by atoms with Gasteiger partial charge in [-0.2, -0.15) is 0 Å². The molecule has 1 fully saturated rings. The summed E-state index contributed by atoms with van der Waals surface area (Å²) in [6.45, 7) is 2.26. The third-order valence-corrected chi connectivity index (χ3v) is 6.38. The number of halogens is 1. The maximum atomic E-state index is 12.4. The highest BCUT2D eigenvalue weighted by Gasteiger charge is 2.37. The van der Waals surface area contributed by atoms with Gasteiger partial charge in [-0.15, -0.1) is 0 Å². The summed E-state index contributed by atoms with van der Waals surface area (Å²) >= 11 is 7.59. The first-order chi connectivity index (χ1) is 12.6. The molecule has 1 aliphatic heterocycles. The van der Waals surface area contributed by atoms with Gasteiger partial charge in [0, 0.05) is 34.6 Å². The number of carbonyl (C=O) groups excluding carboxylic acids is 1. The van der Waals surface area contributed by atoms with Gasteiger partial charge in [0.2, 0.25) is 5.91 Å². The van der Waals surface area contributed by atoms with E-state index in [2.05, 4.69) is 34.7 Å². The minimum atomic E-state index is 0.284. The van der Waals surface area contributed by atoms with Gasteiger partial charge in [0.05, 0.1) is 0 Å². The Morgan fingerprint density at radius 3 is 2.65 bits per heavy atom. The molecule has 5 heteroatoms. The summed E-state index contributed by atoms with van der Waals surface area (Å²) in [4.78, 5) is 14.5. The second kappa shape index (κ2) is 7.53. The van der Waals surface area contributed by atoms with Gasteiger partial charge in [0.1, 0.15) is 0 Å². The number of benzene rings is 2. The number of carbonyl (C=O) groups is 1. The molecule has 1 amide bonds. The Kier molecular flexibility index (Phi) is 5.14. The molecule has 2 aromatic rings. The van der Waals surface area contributed by atoms with Crippen molar-refractivity contribution in [3.8, 4) is 0 Å². The van der Waals surface area contributed by atoms with Gasteiger partial charge in [-0.25, -0.2) is 0 Å². The number of nitrogens with one attached hydrogen (secondary N) is 1. The van der Waals surface area contributed by atoms with Crippen LogP contribution in [0.4, 0.5) is 11.4 Å². The Morgan fingerprint density at radius 1 is 1.15 bits per heavy atom. The van der Waals surface area contributed by atoms with E-state index in [9.17, 15) is 4.79 Å². The number of amides is 1. The standard InChI is InChI=1S/C21H23ClN2OS/c1-14-10-19(11-14)24-20-8-7-18(12-16(20)4-9-21(24)25)23-26-13-15-2-5-17(22)6-3-15/h2-3,5-8,12,14,19,23H,4,9-11,13H2,1H3. The monoisotopic (exact) mass is 386 g/mol. The Hall–Kier alpha value is -1.65. The SMILES string of the molecule is CC1CC(N2C(=O)CCc3cc(NSCc4ccc(Cl)cc4)ccc32)C1. The number of nitrogens with zero attached hydrogens (tertiary/aromatic N) is 1.